The average molecular weight is 290 g/mol. The van der Waals surface area contributed by atoms with E-state index in [1.807, 2.05) is 12.1 Å². The predicted molar refractivity (Wildman–Crippen MR) is 79.3 cm³/mol. The van der Waals surface area contributed by atoms with Gasteiger partial charge in [-0.3, -0.25) is 4.79 Å². The van der Waals surface area contributed by atoms with E-state index in [-0.39, 0.29) is 5.92 Å². The minimum absolute atomic E-state index is 0.257. The molecule has 0 atom stereocenters. The van der Waals surface area contributed by atoms with E-state index in [2.05, 4.69) is 13.8 Å². The monoisotopic (exact) mass is 290 g/mol. The van der Waals surface area contributed by atoms with Gasteiger partial charge in [0.15, 0.2) is 11.5 Å². The van der Waals surface area contributed by atoms with Crippen molar-refractivity contribution in [3.05, 3.63) is 23.3 Å². The third-order valence-electron chi connectivity index (χ3n) is 4.72. The predicted octanol–water partition coefficient (Wildman–Crippen LogP) is 3.48. The van der Waals surface area contributed by atoms with Gasteiger partial charge < -0.3 is 14.6 Å². The Morgan fingerprint density at radius 1 is 1.14 bits per heavy atom. The lowest BCUT2D eigenvalue weighted by molar-refractivity contribution is -0.143. The largest absolute Gasteiger partial charge is 0.486 e. The number of benzene rings is 1. The number of hydrogen-bond donors (Lipinski definition) is 1. The van der Waals surface area contributed by atoms with Crippen molar-refractivity contribution in [1.29, 1.82) is 0 Å². The van der Waals surface area contributed by atoms with Crippen molar-refractivity contribution in [3.8, 4) is 11.5 Å². The van der Waals surface area contributed by atoms with Crippen LogP contribution in [0, 0.1) is 0 Å². The number of carboxylic acids is 1. The Morgan fingerprint density at radius 2 is 1.71 bits per heavy atom. The Labute approximate surface area is 125 Å². The van der Waals surface area contributed by atoms with Gasteiger partial charge in [-0.15, -0.1) is 0 Å². The van der Waals surface area contributed by atoms with Gasteiger partial charge in [0.05, 0.1) is 5.41 Å². The van der Waals surface area contributed by atoms with Crippen molar-refractivity contribution in [2.45, 2.75) is 50.9 Å². The van der Waals surface area contributed by atoms with E-state index in [0.717, 1.165) is 29.7 Å². The highest BCUT2D eigenvalue weighted by molar-refractivity contribution is 5.83. The molecule has 4 nitrogen and oxygen atoms in total. The fourth-order valence-electron chi connectivity index (χ4n) is 3.57. The molecule has 0 unspecified atom stereocenters. The molecule has 0 amide bonds. The highest BCUT2D eigenvalue weighted by Crippen LogP contribution is 2.47. The van der Waals surface area contributed by atoms with Gasteiger partial charge in [-0.25, -0.2) is 0 Å². The Balaban J connectivity index is 2.17. The summed E-state index contributed by atoms with van der Waals surface area (Å²) in [6, 6.07) is 3.90. The normalized spacial score (nSPS) is 19.8. The minimum atomic E-state index is -0.755. The minimum Gasteiger partial charge on any atom is -0.486 e. The number of carbonyl (C=O) groups is 1. The first-order valence-corrected chi connectivity index (χ1v) is 7.72. The first-order chi connectivity index (χ1) is 10.0. The first-order valence-electron chi connectivity index (χ1n) is 7.72. The molecule has 0 bridgehead atoms. The second-order valence-corrected chi connectivity index (χ2v) is 6.33. The fourth-order valence-corrected chi connectivity index (χ4v) is 3.57. The third-order valence-corrected chi connectivity index (χ3v) is 4.72. The zero-order valence-corrected chi connectivity index (χ0v) is 12.6. The van der Waals surface area contributed by atoms with Gasteiger partial charge in [0.25, 0.3) is 0 Å². The summed E-state index contributed by atoms with van der Waals surface area (Å²) >= 11 is 0. The van der Waals surface area contributed by atoms with Crippen LogP contribution < -0.4 is 9.47 Å². The van der Waals surface area contributed by atoms with Gasteiger partial charge in [-0.05, 0) is 42.0 Å². The van der Waals surface area contributed by atoms with Gasteiger partial charge in [-0.1, -0.05) is 26.7 Å². The molecule has 1 saturated carbocycles. The molecule has 4 heteroatoms. The SMILES string of the molecule is CC(C)c1cc2c(cc1C1(C(=O)O)CCCC1)OCCO2. The summed E-state index contributed by atoms with van der Waals surface area (Å²) < 4.78 is 11.3. The van der Waals surface area contributed by atoms with Crippen LogP contribution in [0.4, 0.5) is 0 Å². The molecule has 114 valence electrons. The van der Waals surface area contributed by atoms with Crippen molar-refractivity contribution in [2.75, 3.05) is 13.2 Å². The molecule has 0 spiro atoms. The molecule has 21 heavy (non-hydrogen) atoms. The lowest BCUT2D eigenvalue weighted by Gasteiger charge is -2.30. The summed E-state index contributed by atoms with van der Waals surface area (Å²) in [5.41, 5.74) is 1.24. The van der Waals surface area contributed by atoms with Gasteiger partial charge in [0, 0.05) is 0 Å². The van der Waals surface area contributed by atoms with Crippen LogP contribution in [0.2, 0.25) is 0 Å². The smallest absolute Gasteiger partial charge is 0.314 e. The number of carboxylic acid groups (broad SMARTS) is 1. The average Bonchev–Trinajstić information content (AvgIpc) is 2.96. The lowest BCUT2D eigenvalue weighted by atomic mass is 9.74. The van der Waals surface area contributed by atoms with E-state index >= 15 is 0 Å². The third kappa shape index (κ3) is 2.27. The molecule has 1 N–H and O–H groups in total. The van der Waals surface area contributed by atoms with Crippen molar-refractivity contribution < 1.29 is 19.4 Å². The second kappa shape index (κ2) is 5.24. The van der Waals surface area contributed by atoms with E-state index in [4.69, 9.17) is 9.47 Å². The topological polar surface area (TPSA) is 55.8 Å². The van der Waals surface area contributed by atoms with Crippen LogP contribution >= 0.6 is 0 Å². The summed E-state index contributed by atoms with van der Waals surface area (Å²) in [6.45, 7) is 5.26. The molecule has 1 aliphatic carbocycles. The summed E-state index contributed by atoms with van der Waals surface area (Å²) in [6.07, 6.45) is 3.36. The molecule has 1 heterocycles. The van der Waals surface area contributed by atoms with E-state index in [9.17, 15) is 9.90 Å². The Bertz CT molecular complexity index is 556. The zero-order chi connectivity index (χ0) is 15.0. The molecule has 1 fully saturated rings. The number of rotatable bonds is 3. The fraction of sp³-hybridized carbons (Fsp3) is 0.588. The summed E-state index contributed by atoms with van der Waals surface area (Å²) in [5, 5.41) is 9.86. The van der Waals surface area contributed by atoms with Crippen molar-refractivity contribution >= 4 is 5.97 Å². The van der Waals surface area contributed by atoms with Crippen LogP contribution in [0.1, 0.15) is 56.6 Å². The number of fused-ring (bicyclic) bond motifs is 1. The van der Waals surface area contributed by atoms with Crippen molar-refractivity contribution in [3.63, 3.8) is 0 Å². The second-order valence-electron chi connectivity index (χ2n) is 6.33. The van der Waals surface area contributed by atoms with Crippen LogP contribution in [-0.2, 0) is 10.2 Å². The number of aliphatic carboxylic acids is 1. The van der Waals surface area contributed by atoms with Crippen molar-refractivity contribution in [1.82, 2.24) is 0 Å². The van der Waals surface area contributed by atoms with E-state index < -0.39 is 11.4 Å². The first kappa shape index (κ1) is 14.2. The quantitative estimate of drug-likeness (QED) is 0.926. The van der Waals surface area contributed by atoms with Crippen LogP contribution in [-0.4, -0.2) is 24.3 Å². The Hall–Kier alpha value is -1.71. The van der Waals surface area contributed by atoms with Gasteiger partial charge in [-0.2, -0.15) is 0 Å². The summed E-state index contributed by atoms with van der Waals surface area (Å²) in [5.74, 6) is 0.978. The van der Waals surface area contributed by atoms with Gasteiger partial charge in [0.1, 0.15) is 13.2 Å². The highest BCUT2D eigenvalue weighted by Gasteiger charge is 2.45. The maximum absolute atomic E-state index is 12.0. The molecular formula is C17H22O4. The molecule has 1 aromatic carbocycles. The van der Waals surface area contributed by atoms with Gasteiger partial charge in [0.2, 0.25) is 0 Å². The molecule has 3 rings (SSSR count). The molecule has 0 aromatic heterocycles. The molecule has 0 saturated heterocycles. The summed E-state index contributed by atoms with van der Waals surface area (Å²) in [7, 11) is 0. The van der Waals surface area contributed by atoms with Gasteiger partial charge >= 0.3 is 5.97 Å². The number of ether oxygens (including phenoxy) is 2. The molecule has 0 radical (unpaired) electrons. The van der Waals surface area contributed by atoms with E-state index in [1.165, 1.54) is 0 Å². The Morgan fingerprint density at radius 3 is 2.24 bits per heavy atom. The van der Waals surface area contributed by atoms with Crippen LogP contribution in [0.3, 0.4) is 0 Å². The van der Waals surface area contributed by atoms with E-state index in [1.54, 1.807) is 0 Å². The lowest BCUT2D eigenvalue weighted by Crippen LogP contribution is -2.34. The molecule has 2 aliphatic rings. The maximum Gasteiger partial charge on any atom is 0.314 e. The highest BCUT2D eigenvalue weighted by atomic mass is 16.6. The number of hydrogen-bond acceptors (Lipinski definition) is 3. The molecular weight excluding hydrogens is 268 g/mol. The standard InChI is InChI=1S/C17H22O4/c1-11(2)12-9-14-15(21-8-7-20-14)10-13(12)17(16(18)19)5-3-4-6-17/h9-11H,3-8H2,1-2H3,(H,18,19). The van der Waals surface area contributed by atoms with E-state index in [0.29, 0.717) is 31.8 Å². The summed E-state index contributed by atoms with van der Waals surface area (Å²) in [4.78, 5) is 12.0. The zero-order valence-electron chi connectivity index (χ0n) is 12.6. The molecule has 1 aromatic rings. The van der Waals surface area contributed by atoms with Crippen molar-refractivity contribution in [2.24, 2.45) is 0 Å². The maximum atomic E-state index is 12.0. The van der Waals surface area contributed by atoms with Crippen LogP contribution in [0.25, 0.3) is 0 Å². The molecule has 1 aliphatic heterocycles. The van der Waals surface area contributed by atoms with Crippen LogP contribution in [0.15, 0.2) is 12.1 Å². The Kier molecular flexibility index (Phi) is 3.56. The van der Waals surface area contributed by atoms with Crippen LogP contribution in [0.5, 0.6) is 11.5 Å².